The third-order valence-corrected chi connectivity index (χ3v) is 1.98. The molecule has 0 unspecified atom stereocenters. The third-order valence-electron chi connectivity index (χ3n) is 1.98. The van der Waals surface area contributed by atoms with Crippen molar-refractivity contribution < 1.29 is 21.1 Å². The molecule has 0 atom stereocenters. The van der Waals surface area contributed by atoms with E-state index in [9.17, 15) is 0 Å². The maximum absolute atomic E-state index is 4.25. The average molecular weight is 364 g/mol. The van der Waals surface area contributed by atoms with E-state index in [1.54, 1.807) is 10.7 Å². The van der Waals surface area contributed by atoms with Gasteiger partial charge in [-0.1, -0.05) is 40.0 Å². The Morgan fingerprint density at radius 2 is 2.21 bits per heavy atom. The molecule has 0 aliphatic carbocycles. The van der Waals surface area contributed by atoms with E-state index in [2.05, 4.69) is 21.5 Å². The molecule has 3 aromatic rings. The number of aromatic nitrogens is 4. The summed E-state index contributed by atoms with van der Waals surface area (Å²) in [5, 5.41) is 8.62. The van der Waals surface area contributed by atoms with Gasteiger partial charge in [0.15, 0.2) is 0 Å². The molecule has 0 bridgehead atoms. The maximum atomic E-state index is 4.25. The van der Waals surface area contributed by atoms with Crippen molar-refractivity contribution in [3.63, 3.8) is 0 Å². The molecule has 3 aromatic heterocycles. The summed E-state index contributed by atoms with van der Waals surface area (Å²) in [6.45, 7) is 0. The van der Waals surface area contributed by atoms with Crippen molar-refractivity contribution in [2.45, 2.75) is 0 Å². The van der Waals surface area contributed by atoms with E-state index >= 15 is 0 Å². The Morgan fingerprint density at radius 3 is 3.14 bits per heavy atom. The van der Waals surface area contributed by atoms with Gasteiger partial charge in [-0.05, 0) is 6.07 Å². The molecule has 0 N–H and O–H groups in total. The molecule has 0 aliphatic rings. The first-order valence-electron chi connectivity index (χ1n) is 3.91. The molecule has 0 saturated heterocycles. The van der Waals surface area contributed by atoms with Crippen LogP contribution in [0.25, 0.3) is 16.4 Å². The van der Waals surface area contributed by atoms with Gasteiger partial charge in [-0.2, -0.15) is 0 Å². The molecule has 0 spiro atoms. The van der Waals surface area contributed by atoms with Gasteiger partial charge in [0.05, 0.1) is 0 Å². The van der Waals surface area contributed by atoms with E-state index in [-0.39, 0.29) is 21.1 Å². The monoisotopic (exact) mass is 364 g/mol. The van der Waals surface area contributed by atoms with Gasteiger partial charge in [0.2, 0.25) is 0 Å². The molecule has 5 heteroatoms. The summed E-state index contributed by atoms with van der Waals surface area (Å²) in [7, 11) is 0. The second-order valence-corrected chi connectivity index (χ2v) is 2.75. The molecule has 0 aromatic carbocycles. The van der Waals surface area contributed by atoms with E-state index < -0.39 is 0 Å². The zero-order valence-electron chi connectivity index (χ0n) is 6.99. The maximum Gasteiger partial charge on any atom is 0.0264 e. The second kappa shape index (κ2) is 3.46. The SMILES string of the molecule is [Pt].[c-]1nnn2ccc3cccnc3c12. The summed E-state index contributed by atoms with van der Waals surface area (Å²) in [4.78, 5) is 4.25. The Labute approximate surface area is 94.2 Å². The first-order chi connectivity index (χ1) is 6.45. The predicted molar refractivity (Wildman–Crippen MR) is 47.1 cm³/mol. The Hall–Kier alpha value is -1.28. The van der Waals surface area contributed by atoms with E-state index in [1.165, 1.54) is 0 Å². The van der Waals surface area contributed by atoms with Crippen molar-refractivity contribution in [2.24, 2.45) is 0 Å². The Kier molecular flexibility index (Phi) is 2.30. The van der Waals surface area contributed by atoms with Crippen LogP contribution >= 0.6 is 0 Å². The van der Waals surface area contributed by atoms with Crippen LogP contribution in [-0.4, -0.2) is 19.8 Å². The second-order valence-electron chi connectivity index (χ2n) is 2.75. The average Bonchev–Trinajstić information content (AvgIpc) is 2.65. The molecular formula is C9H5N4Pt-. The molecule has 0 fully saturated rings. The molecule has 0 radical (unpaired) electrons. The molecule has 14 heavy (non-hydrogen) atoms. The van der Waals surface area contributed by atoms with Crippen molar-refractivity contribution in [3.05, 3.63) is 36.8 Å². The summed E-state index contributed by atoms with van der Waals surface area (Å²) in [6.07, 6.45) is 6.41. The van der Waals surface area contributed by atoms with E-state index in [1.807, 2.05) is 24.4 Å². The Bertz CT molecular complexity index is 575. The summed E-state index contributed by atoms with van der Waals surface area (Å²) >= 11 is 0. The number of hydrogen-bond acceptors (Lipinski definition) is 3. The van der Waals surface area contributed by atoms with Crippen LogP contribution in [-0.2, 0) is 21.1 Å². The summed E-state index contributed by atoms with van der Waals surface area (Å²) in [5.74, 6) is 0. The van der Waals surface area contributed by atoms with Crippen LogP contribution in [0, 0.1) is 6.20 Å². The van der Waals surface area contributed by atoms with Crippen molar-refractivity contribution in [1.82, 2.24) is 19.8 Å². The van der Waals surface area contributed by atoms with Gasteiger partial charge < -0.3 is 4.98 Å². The van der Waals surface area contributed by atoms with Crippen LogP contribution in [0.2, 0.25) is 0 Å². The van der Waals surface area contributed by atoms with Gasteiger partial charge in [-0.3, -0.25) is 4.52 Å². The molecule has 0 saturated carbocycles. The minimum absolute atomic E-state index is 0. The molecule has 72 valence electrons. The van der Waals surface area contributed by atoms with Gasteiger partial charge in [0.25, 0.3) is 0 Å². The van der Waals surface area contributed by atoms with Crippen LogP contribution < -0.4 is 0 Å². The van der Waals surface area contributed by atoms with Crippen molar-refractivity contribution in [1.29, 1.82) is 0 Å². The van der Waals surface area contributed by atoms with Gasteiger partial charge in [-0.25, -0.2) is 5.10 Å². The summed E-state index contributed by atoms with van der Waals surface area (Å²) in [6, 6.07) is 5.86. The normalized spacial score (nSPS) is 10.3. The van der Waals surface area contributed by atoms with Crippen LogP contribution in [0.5, 0.6) is 0 Å². The molecule has 0 amide bonds. The van der Waals surface area contributed by atoms with E-state index in [0.717, 1.165) is 16.4 Å². The first kappa shape index (κ1) is 9.28. The molecule has 0 aliphatic heterocycles. The number of fused-ring (bicyclic) bond motifs is 3. The molecule has 4 nitrogen and oxygen atoms in total. The van der Waals surface area contributed by atoms with Crippen LogP contribution in [0.4, 0.5) is 0 Å². The number of rotatable bonds is 0. The van der Waals surface area contributed by atoms with Crippen LogP contribution in [0.3, 0.4) is 0 Å². The van der Waals surface area contributed by atoms with Crippen LogP contribution in [0.15, 0.2) is 30.6 Å². The summed E-state index contributed by atoms with van der Waals surface area (Å²) in [5.41, 5.74) is 1.70. The van der Waals surface area contributed by atoms with Gasteiger partial charge >= 0.3 is 0 Å². The first-order valence-corrected chi connectivity index (χ1v) is 3.91. The fraction of sp³-hybridized carbons (Fsp3) is 0. The minimum atomic E-state index is 0. The zero-order valence-corrected chi connectivity index (χ0v) is 9.26. The predicted octanol–water partition coefficient (Wildman–Crippen LogP) is 1.08. The summed E-state index contributed by atoms with van der Waals surface area (Å²) < 4.78 is 1.66. The van der Waals surface area contributed by atoms with Crippen molar-refractivity contribution >= 4 is 16.4 Å². The van der Waals surface area contributed by atoms with Crippen molar-refractivity contribution in [3.8, 4) is 0 Å². The van der Waals surface area contributed by atoms with Crippen LogP contribution in [0.1, 0.15) is 0 Å². The smallest absolute Gasteiger partial charge is 0.0264 e. The number of pyridine rings is 2. The fourth-order valence-corrected chi connectivity index (χ4v) is 1.38. The Balaban J connectivity index is 0.000000750. The topological polar surface area (TPSA) is 43.1 Å². The number of nitrogens with zero attached hydrogens (tertiary/aromatic N) is 4. The standard InChI is InChI=1S/C9H5N4.Pt/c1-2-7-3-5-13-8(6-11-12-13)9(7)10-4-1;/h1-5H;/q-1;. The molecule has 3 rings (SSSR count). The fourth-order valence-electron chi connectivity index (χ4n) is 1.38. The van der Waals surface area contributed by atoms with Gasteiger partial charge in [0, 0.05) is 33.5 Å². The van der Waals surface area contributed by atoms with Gasteiger partial charge in [-0.15, -0.1) is 0 Å². The molecular weight excluding hydrogens is 359 g/mol. The Morgan fingerprint density at radius 1 is 1.29 bits per heavy atom. The van der Waals surface area contributed by atoms with E-state index in [4.69, 9.17) is 0 Å². The number of hydrogen-bond donors (Lipinski definition) is 0. The largest absolute Gasteiger partial charge is 0.349 e. The third kappa shape index (κ3) is 1.23. The quantitative estimate of drug-likeness (QED) is 0.561. The zero-order chi connectivity index (χ0) is 8.67. The minimum Gasteiger partial charge on any atom is -0.349 e. The van der Waals surface area contributed by atoms with Crippen molar-refractivity contribution in [2.75, 3.05) is 0 Å². The molecule has 3 heterocycles. The van der Waals surface area contributed by atoms with Gasteiger partial charge in [0.1, 0.15) is 0 Å². The van der Waals surface area contributed by atoms with E-state index in [0.29, 0.717) is 0 Å².